The third-order valence-corrected chi connectivity index (χ3v) is 3.95. The Labute approximate surface area is 133 Å². The summed E-state index contributed by atoms with van der Waals surface area (Å²) in [6.45, 7) is 3.21. The van der Waals surface area contributed by atoms with E-state index in [1.165, 1.54) is 0 Å². The predicted molar refractivity (Wildman–Crippen MR) is 82.8 cm³/mol. The molecule has 1 aliphatic rings. The van der Waals surface area contributed by atoms with Crippen LogP contribution in [0.5, 0.6) is 0 Å². The minimum absolute atomic E-state index is 0.00228. The molecule has 118 valence electrons. The Morgan fingerprint density at radius 3 is 2.35 bits per heavy atom. The van der Waals surface area contributed by atoms with Gasteiger partial charge in [-0.2, -0.15) is 5.26 Å². The van der Waals surface area contributed by atoms with Crippen LogP contribution < -0.4 is 4.90 Å². The molecule has 0 saturated carbocycles. The molecule has 23 heavy (non-hydrogen) atoms. The summed E-state index contributed by atoms with van der Waals surface area (Å²) in [5, 5.41) is 8.75. The Morgan fingerprint density at radius 2 is 1.78 bits per heavy atom. The summed E-state index contributed by atoms with van der Waals surface area (Å²) in [6, 6.07) is 9.71. The summed E-state index contributed by atoms with van der Waals surface area (Å²) < 4.78 is 28.1. The molecular weight excluding hydrogens is 298 g/mol. The summed E-state index contributed by atoms with van der Waals surface area (Å²) in [6.07, 6.45) is 1.76. The maximum atomic E-state index is 14.1. The van der Waals surface area contributed by atoms with Crippen LogP contribution in [0.15, 0.2) is 36.5 Å². The second-order valence-electron chi connectivity index (χ2n) is 5.48. The van der Waals surface area contributed by atoms with Gasteiger partial charge in [-0.1, -0.05) is 6.07 Å². The van der Waals surface area contributed by atoms with E-state index in [9.17, 15) is 8.78 Å². The molecule has 3 rings (SSSR count). The highest BCUT2D eigenvalue weighted by atomic mass is 19.1. The lowest BCUT2D eigenvalue weighted by Crippen LogP contribution is -2.46. The number of hydrogen-bond acceptors (Lipinski definition) is 4. The van der Waals surface area contributed by atoms with Crippen molar-refractivity contribution in [3.05, 3.63) is 59.4 Å². The quantitative estimate of drug-likeness (QED) is 0.873. The molecule has 0 unspecified atom stereocenters. The van der Waals surface area contributed by atoms with E-state index in [0.29, 0.717) is 26.2 Å². The minimum Gasteiger partial charge on any atom is -0.364 e. The van der Waals surface area contributed by atoms with Crippen molar-refractivity contribution in [1.82, 2.24) is 9.88 Å². The monoisotopic (exact) mass is 314 g/mol. The predicted octanol–water partition coefficient (Wildman–Crippen LogP) is 2.55. The second kappa shape index (κ2) is 6.71. The fourth-order valence-corrected chi connectivity index (χ4v) is 2.78. The highest BCUT2D eigenvalue weighted by molar-refractivity contribution is 5.53. The number of halogens is 2. The van der Waals surface area contributed by atoms with Crippen LogP contribution in [0.25, 0.3) is 0 Å². The van der Waals surface area contributed by atoms with E-state index in [1.54, 1.807) is 17.2 Å². The summed E-state index contributed by atoms with van der Waals surface area (Å²) in [4.78, 5) is 8.19. The smallest absolute Gasteiger partial charge is 0.150 e. The maximum absolute atomic E-state index is 14.1. The molecule has 2 aromatic rings. The van der Waals surface area contributed by atoms with Crippen molar-refractivity contribution in [3.63, 3.8) is 0 Å². The highest BCUT2D eigenvalue weighted by Crippen LogP contribution is 2.26. The number of pyridine rings is 1. The lowest BCUT2D eigenvalue weighted by atomic mass is 10.1. The molecule has 6 heteroatoms. The average molecular weight is 314 g/mol. The van der Waals surface area contributed by atoms with E-state index >= 15 is 0 Å². The minimum atomic E-state index is -0.681. The first-order chi connectivity index (χ1) is 11.2. The topological polar surface area (TPSA) is 43.2 Å². The van der Waals surface area contributed by atoms with E-state index in [4.69, 9.17) is 5.26 Å². The average Bonchev–Trinajstić information content (AvgIpc) is 2.56. The molecule has 0 spiro atoms. The Morgan fingerprint density at radius 1 is 1.09 bits per heavy atom. The van der Waals surface area contributed by atoms with Crippen molar-refractivity contribution in [3.8, 4) is 6.07 Å². The standard InChI is InChI=1S/C17H16F2N4/c18-15-9-13(11-20)10-16(19)17(15)23-7-5-22(6-8-23)12-14-3-1-2-4-21-14/h1-4,9-10H,5-8,12H2. The number of aromatic nitrogens is 1. The van der Waals surface area contributed by atoms with E-state index < -0.39 is 11.6 Å². The highest BCUT2D eigenvalue weighted by Gasteiger charge is 2.23. The van der Waals surface area contributed by atoms with Gasteiger partial charge in [-0.15, -0.1) is 0 Å². The van der Waals surface area contributed by atoms with Gasteiger partial charge in [0.2, 0.25) is 0 Å². The number of nitriles is 1. The molecule has 0 radical (unpaired) electrons. The maximum Gasteiger partial charge on any atom is 0.150 e. The van der Waals surface area contributed by atoms with Gasteiger partial charge in [-0.05, 0) is 24.3 Å². The number of anilines is 1. The van der Waals surface area contributed by atoms with Crippen LogP contribution in [0.2, 0.25) is 0 Å². The number of hydrogen-bond donors (Lipinski definition) is 0. The molecule has 0 N–H and O–H groups in total. The fourth-order valence-electron chi connectivity index (χ4n) is 2.78. The summed E-state index contributed by atoms with van der Waals surface area (Å²) >= 11 is 0. The zero-order valence-corrected chi connectivity index (χ0v) is 12.5. The summed E-state index contributed by atoms with van der Waals surface area (Å²) in [7, 11) is 0. The van der Waals surface area contributed by atoms with Gasteiger partial charge in [0, 0.05) is 38.9 Å². The van der Waals surface area contributed by atoms with Crippen LogP contribution in [0.4, 0.5) is 14.5 Å². The SMILES string of the molecule is N#Cc1cc(F)c(N2CCN(Cc3ccccn3)CC2)c(F)c1. The third-order valence-electron chi connectivity index (χ3n) is 3.95. The Balaban J connectivity index is 1.67. The normalized spacial score (nSPS) is 15.4. The molecule has 4 nitrogen and oxygen atoms in total. The molecule has 0 amide bonds. The van der Waals surface area contributed by atoms with Crippen molar-refractivity contribution in [2.75, 3.05) is 31.1 Å². The van der Waals surface area contributed by atoms with Crippen LogP contribution in [0.3, 0.4) is 0 Å². The molecular formula is C17H16F2N4. The van der Waals surface area contributed by atoms with Crippen molar-refractivity contribution in [2.24, 2.45) is 0 Å². The number of rotatable bonds is 3. The fraction of sp³-hybridized carbons (Fsp3) is 0.294. The van der Waals surface area contributed by atoms with Gasteiger partial charge in [0.15, 0.2) is 11.6 Å². The Kier molecular flexibility index (Phi) is 4.49. The summed E-state index contributed by atoms with van der Waals surface area (Å²) in [5.74, 6) is -1.36. The van der Waals surface area contributed by atoms with Gasteiger partial charge in [-0.3, -0.25) is 9.88 Å². The molecule has 2 heterocycles. The van der Waals surface area contributed by atoms with Crippen LogP contribution >= 0.6 is 0 Å². The zero-order valence-electron chi connectivity index (χ0n) is 12.5. The summed E-state index contributed by atoms with van der Waals surface area (Å²) in [5.41, 5.74) is 0.940. The van der Waals surface area contributed by atoms with Crippen LogP contribution in [0.1, 0.15) is 11.3 Å². The number of benzene rings is 1. The van der Waals surface area contributed by atoms with Gasteiger partial charge >= 0.3 is 0 Å². The third kappa shape index (κ3) is 3.46. The van der Waals surface area contributed by atoms with E-state index in [0.717, 1.165) is 24.4 Å². The lowest BCUT2D eigenvalue weighted by molar-refractivity contribution is 0.246. The van der Waals surface area contributed by atoms with Crippen molar-refractivity contribution < 1.29 is 8.78 Å². The van der Waals surface area contributed by atoms with E-state index in [1.807, 2.05) is 18.2 Å². The molecule has 1 aliphatic heterocycles. The van der Waals surface area contributed by atoms with Crippen molar-refractivity contribution in [1.29, 1.82) is 5.26 Å². The molecule has 1 fully saturated rings. The van der Waals surface area contributed by atoms with Gasteiger partial charge in [-0.25, -0.2) is 8.78 Å². The van der Waals surface area contributed by atoms with Crippen LogP contribution in [-0.2, 0) is 6.54 Å². The van der Waals surface area contributed by atoms with Crippen LogP contribution in [0, 0.1) is 23.0 Å². The number of nitrogens with zero attached hydrogens (tertiary/aromatic N) is 4. The molecule has 0 bridgehead atoms. The Bertz CT molecular complexity index is 696. The first-order valence-electron chi connectivity index (χ1n) is 7.44. The lowest BCUT2D eigenvalue weighted by Gasteiger charge is -2.36. The zero-order chi connectivity index (χ0) is 16.2. The van der Waals surface area contributed by atoms with E-state index in [-0.39, 0.29) is 11.3 Å². The van der Waals surface area contributed by atoms with Crippen LogP contribution in [-0.4, -0.2) is 36.1 Å². The molecule has 0 aliphatic carbocycles. The van der Waals surface area contributed by atoms with Crippen molar-refractivity contribution >= 4 is 5.69 Å². The van der Waals surface area contributed by atoms with Crippen molar-refractivity contribution in [2.45, 2.75) is 6.54 Å². The molecule has 0 atom stereocenters. The second-order valence-corrected chi connectivity index (χ2v) is 5.48. The van der Waals surface area contributed by atoms with E-state index in [2.05, 4.69) is 9.88 Å². The largest absolute Gasteiger partial charge is 0.364 e. The van der Waals surface area contributed by atoms with Gasteiger partial charge in [0.25, 0.3) is 0 Å². The molecule has 1 saturated heterocycles. The Hall–Kier alpha value is -2.52. The first-order valence-corrected chi connectivity index (χ1v) is 7.44. The molecule has 1 aromatic heterocycles. The molecule has 1 aromatic carbocycles. The van der Waals surface area contributed by atoms with Gasteiger partial charge < -0.3 is 4.90 Å². The first kappa shape index (κ1) is 15.4. The van der Waals surface area contributed by atoms with Gasteiger partial charge in [0.1, 0.15) is 5.69 Å². The van der Waals surface area contributed by atoms with Gasteiger partial charge in [0.05, 0.1) is 17.3 Å². The number of piperazine rings is 1.